The summed E-state index contributed by atoms with van der Waals surface area (Å²) in [4.78, 5) is 24.3. The van der Waals surface area contributed by atoms with Gasteiger partial charge in [-0.05, 0) is 5.25 Å². The van der Waals surface area contributed by atoms with Gasteiger partial charge in [-0.3, -0.25) is 9.59 Å². The molecule has 1 unspecified atom stereocenters. The molecule has 0 bridgehead atoms. The third-order valence-electron chi connectivity index (χ3n) is 2.50. The summed E-state index contributed by atoms with van der Waals surface area (Å²) in [6.07, 6.45) is -0.0436. The van der Waals surface area contributed by atoms with Gasteiger partial charge in [0, 0.05) is 6.54 Å². The van der Waals surface area contributed by atoms with Crippen molar-refractivity contribution in [3.8, 4) is 0 Å². The topological polar surface area (TPSA) is 66.8 Å². The summed E-state index contributed by atoms with van der Waals surface area (Å²) in [6, 6.07) is -0.318. The first-order valence-electron chi connectivity index (χ1n) is 5.71. The summed E-state index contributed by atoms with van der Waals surface area (Å²) in [7, 11) is 0. The van der Waals surface area contributed by atoms with Gasteiger partial charge in [0.2, 0.25) is 5.91 Å². The zero-order valence-corrected chi connectivity index (χ0v) is 11.0. The van der Waals surface area contributed by atoms with Crippen molar-refractivity contribution in [3.05, 3.63) is 0 Å². The highest BCUT2D eigenvalue weighted by atomic mass is 32.2. The van der Waals surface area contributed by atoms with Crippen LogP contribution in [0.5, 0.6) is 0 Å². The van der Waals surface area contributed by atoms with E-state index in [-0.39, 0.29) is 18.4 Å². The fourth-order valence-corrected chi connectivity index (χ4v) is 2.32. The third-order valence-corrected chi connectivity index (χ3v) is 3.58. The molecule has 1 aliphatic heterocycles. The van der Waals surface area contributed by atoms with E-state index in [1.807, 2.05) is 13.8 Å². The van der Waals surface area contributed by atoms with Gasteiger partial charge in [-0.15, -0.1) is 11.8 Å². The second-order valence-electron chi connectivity index (χ2n) is 4.27. The van der Waals surface area contributed by atoms with Crippen LogP contribution in [0, 0.1) is 0 Å². The molecule has 0 aromatic carbocycles. The first kappa shape index (κ1) is 14.3. The molecule has 1 aliphatic rings. The van der Waals surface area contributed by atoms with E-state index in [9.17, 15) is 9.59 Å². The Morgan fingerprint density at radius 1 is 1.53 bits per heavy atom. The fourth-order valence-electron chi connectivity index (χ4n) is 1.67. The highest BCUT2D eigenvalue weighted by molar-refractivity contribution is 8.00. The van der Waals surface area contributed by atoms with Crippen LogP contribution in [0.15, 0.2) is 0 Å². The number of amides is 1. The van der Waals surface area contributed by atoms with Crippen molar-refractivity contribution < 1.29 is 19.4 Å². The van der Waals surface area contributed by atoms with E-state index in [0.29, 0.717) is 30.8 Å². The lowest BCUT2D eigenvalue weighted by atomic mass is 10.1. The van der Waals surface area contributed by atoms with Crippen molar-refractivity contribution in [2.75, 3.05) is 25.5 Å². The van der Waals surface area contributed by atoms with Crippen LogP contribution in [-0.2, 0) is 14.3 Å². The van der Waals surface area contributed by atoms with Crippen molar-refractivity contribution in [2.45, 2.75) is 31.6 Å². The van der Waals surface area contributed by atoms with Gasteiger partial charge in [0.1, 0.15) is 0 Å². The quantitative estimate of drug-likeness (QED) is 0.794. The van der Waals surface area contributed by atoms with Gasteiger partial charge in [-0.1, -0.05) is 13.8 Å². The Kier molecular flexibility index (Phi) is 5.77. The van der Waals surface area contributed by atoms with Crippen LogP contribution in [0.25, 0.3) is 0 Å². The number of aliphatic carboxylic acids is 1. The number of hydrogen-bond donors (Lipinski definition) is 1. The van der Waals surface area contributed by atoms with Crippen LogP contribution in [0.4, 0.5) is 0 Å². The molecule has 1 fully saturated rings. The molecule has 1 saturated heterocycles. The third kappa shape index (κ3) is 4.95. The van der Waals surface area contributed by atoms with E-state index in [1.165, 1.54) is 0 Å². The lowest BCUT2D eigenvalue weighted by Crippen LogP contribution is -2.50. The van der Waals surface area contributed by atoms with Gasteiger partial charge in [-0.25, -0.2) is 0 Å². The van der Waals surface area contributed by atoms with Crippen LogP contribution in [0.2, 0.25) is 0 Å². The summed E-state index contributed by atoms with van der Waals surface area (Å²) in [6.45, 7) is 5.38. The molecule has 0 aliphatic carbocycles. The van der Waals surface area contributed by atoms with Crippen molar-refractivity contribution in [1.29, 1.82) is 0 Å². The van der Waals surface area contributed by atoms with Crippen LogP contribution in [-0.4, -0.2) is 58.7 Å². The number of carboxylic acid groups (broad SMARTS) is 1. The maximum Gasteiger partial charge on any atom is 0.305 e. The monoisotopic (exact) mass is 261 g/mol. The number of carbonyl (C=O) groups excluding carboxylic acids is 1. The molecule has 1 heterocycles. The smallest absolute Gasteiger partial charge is 0.305 e. The van der Waals surface area contributed by atoms with Gasteiger partial charge in [0.05, 0.1) is 31.4 Å². The van der Waals surface area contributed by atoms with Crippen molar-refractivity contribution in [3.63, 3.8) is 0 Å². The summed E-state index contributed by atoms with van der Waals surface area (Å²) >= 11 is 1.57. The van der Waals surface area contributed by atoms with Crippen LogP contribution in [0.3, 0.4) is 0 Å². The van der Waals surface area contributed by atoms with Gasteiger partial charge in [-0.2, -0.15) is 0 Å². The standard InChI is InChI=1S/C11H19NO4S/c1-8(2)17-7-10(13)12-3-4-16-6-9(12)5-11(14)15/h8-9H,3-7H2,1-2H3,(H,14,15). The fraction of sp³-hybridized carbons (Fsp3) is 0.818. The number of hydrogen-bond acceptors (Lipinski definition) is 4. The number of carboxylic acids is 1. The molecule has 0 radical (unpaired) electrons. The Labute approximate surface area is 105 Å². The highest BCUT2D eigenvalue weighted by Crippen LogP contribution is 2.15. The minimum absolute atomic E-state index is 0.0123. The number of thioether (sulfide) groups is 1. The largest absolute Gasteiger partial charge is 0.481 e. The molecule has 1 amide bonds. The van der Waals surface area contributed by atoms with Gasteiger partial charge >= 0.3 is 5.97 Å². The SMILES string of the molecule is CC(C)SCC(=O)N1CCOCC1CC(=O)O. The van der Waals surface area contributed by atoms with Crippen LogP contribution in [0.1, 0.15) is 20.3 Å². The number of nitrogens with zero attached hydrogens (tertiary/aromatic N) is 1. The molecule has 0 aromatic rings. The molecular formula is C11H19NO4S. The predicted molar refractivity (Wildman–Crippen MR) is 66.2 cm³/mol. The molecule has 5 nitrogen and oxygen atoms in total. The second-order valence-corrected chi connectivity index (χ2v) is 5.84. The van der Waals surface area contributed by atoms with Crippen molar-refractivity contribution in [1.82, 2.24) is 4.90 Å². The lowest BCUT2D eigenvalue weighted by molar-refractivity contribution is -0.144. The van der Waals surface area contributed by atoms with E-state index in [2.05, 4.69) is 0 Å². The Balaban J connectivity index is 2.51. The van der Waals surface area contributed by atoms with E-state index in [4.69, 9.17) is 9.84 Å². The zero-order chi connectivity index (χ0) is 12.8. The second kappa shape index (κ2) is 6.86. The number of carbonyl (C=O) groups is 2. The zero-order valence-electron chi connectivity index (χ0n) is 10.2. The summed E-state index contributed by atoms with van der Waals surface area (Å²) in [5.74, 6) is -0.471. The Morgan fingerprint density at radius 3 is 2.82 bits per heavy atom. The van der Waals surface area contributed by atoms with Crippen LogP contribution >= 0.6 is 11.8 Å². The summed E-state index contributed by atoms with van der Waals surface area (Å²) in [5, 5.41) is 9.19. The maximum absolute atomic E-state index is 12.0. The van der Waals surface area contributed by atoms with Gasteiger partial charge in [0.25, 0.3) is 0 Å². The average Bonchev–Trinajstić information content (AvgIpc) is 2.25. The maximum atomic E-state index is 12.0. The number of rotatable bonds is 5. The molecule has 0 spiro atoms. The number of morpholine rings is 1. The highest BCUT2D eigenvalue weighted by Gasteiger charge is 2.28. The molecule has 17 heavy (non-hydrogen) atoms. The van der Waals surface area contributed by atoms with E-state index in [0.717, 1.165) is 0 Å². The molecule has 6 heteroatoms. The first-order valence-corrected chi connectivity index (χ1v) is 6.76. The molecule has 0 aromatic heterocycles. The summed E-state index contributed by atoms with van der Waals surface area (Å²) in [5.41, 5.74) is 0. The van der Waals surface area contributed by atoms with Crippen molar-refractivity contribution in [2.24, 2.45) is 0 Å². The van der Waals surface area contributed by atoms with Crippen molar-refractivity contribution >= 4 is 23.6 Å². The lowest BCUT2D eigenvalue weighted by Gasteiger charge is -2.34. The Morgan fingerprint density at radius 2 is 2.24 bits per heavy atom. The molecule has 1 atom stereocenters. The van der Waals surface area contributed by atoms with Gasteiger partial charge < -0.3 is 14.7 Å². The predicted octanol–water partition coefficient (Wildman–Crippen LogP) is 0.830. The average molecular weight is 261 g/mol. The van der Waals surface area contributed by atoms with Gasteiger partial charge in [0.15, 0.2) is 0 Å². The molecule has 98 valence electrons. The number of ether oxygens (including phenoxy) is 1. The first-order chi connectivity index (χ1) is 8.00. The summed E-state index contributed by atoms with van der Waals surface area (Å²) < 4.78 is 5.22. The van der Waals surface area contributed by atoms with E-state index in [1.54, 1.807) is 16.7 Å². The molecular weight excluding hydrogens is 242 g/mol. The molecule has 1 N–H and O–H groups in total. The Bertz CT molecular complexity index is 283. The van der Waals surface area contributed by atoms with E-state index >= 15 is 0 Å². The van der Waals surface area contributed by atoms with E-state index < -0.39 is 5.97 Å². The minimum atomic E-state index is -0.894. The normalized spacial score (nSPS) is 20.6. The molecule has 0 saturated carbocycles. The minimum Gasteiger partial charge on any atom is -0.481 e. The molecule has 1 rings (SSSR count). The Hall–Kier alpha value is -0.750. The van der Waals surface area contributed by atoms with Crippen LogP contribution < -0.4 is 0 Å².